The fourth-order valence-electron chi connectivity index (χ4n) is 1.83. The summed E-state index contributed by atoms with van der Waals surface area (Å²) < 4.78 is 5.42. The number of nitrogens with two attached hydrogens (primary N) is 1. The molecule has 0 aromatic heterocycles. The summed E-state index contributed by atoms with van der Waals surface area (Å²) in [6.07, 6.45) is 0. The van der Waals surface area contributed by atoms with Crippen LogP contribution in [0.3, 0.4) is 0 Å². The number of nitrogens with one attached hydrogen (secondary N) is 1. The van der Waals surface area contributed by atoms with E-state index in [4.69, 9.17) is 10.5 Å². The van der Waals surface area contributed by atoms with Gasteiger partial charge in [0.2, 0.25) is 0 Å². The molecule has 2 aromatic carbocycles. The normalized spacial score (nSPS) is 10.2. The summed E-state index contributed by atoms with van der Waals surface area (Å²) in [6, 6.07) is 15.5. The van der Waals surface area contributed by atoms with Crippen LogP contribution in [-0.2, 0) is 17.9 Å². The fraction of sp³-hybridized carbons (Fsp3) is 0.235. The Balaban J connectivity index is 1.75. The van der Waals surface area contributed by atoms with Gasteiger partial charge in [0.1, 0.15) is 5.75 Å². The van der Waals surface area contributed by atoms with Gasteiger partial charge >= 0.3 is 0 Å². The molecule has 0 radical (unpaired) electrons. The highest BCUT2D eigenvalue weighted by Gasteiger charge is 2.03. The van der Waals surface area contributed by atoms with Crippen LogP contribution in [0.2, 0.25) is 0 Å². The van der Waals surface area contributed by atoms with Gasteiger partial charge in [-0.3, -0.25) is 4.79 Å². The first kappa shape index (κ1) is 15.1. The smallest absolute Gasteiger partial charge is 0.258 e. The SMILES string of the molecule is Cc1ccc(CNC(=O)COc2ccc(CN)cc2)cc1. The number of ether oxygens (including phenoxy) is 1. The van der Waals surface area contributed by atoms with E-state index in [2.05, 4.69) is 5.32 Å². The average molecular weight is 284 g/mol. The van der Waals surface area contributed by atoms with Crippen molar-refractivity contribution in [2.75, 3.05) is 6.61 Å². The molecule has 3 N–H and O–H groups in total. The number of benzene rings is 2. The van der Waals surface area contributed by atoms with E-state index in [0.717, 1.165) is 11.1 Å². The lowest BCUT2D eigenvalue weighted by Crippen LogP contribution is -2.28. The summed E-state index contributed by atoms with van der Waals surface area (Å²) in [5, 5.41) is 2.83. The Labute approximate surface area is 124 Å². The second-order valence-electron chi connectivity index (χ2n) is 4.90. The lowest BCUT2D eigenvalue weighted by atomic mass is 10.1. The fourth-order valence-corrected chi connectivity index (χ4v) is 1.83. The maximum atomic E-state index is 11.7. The summed E-state index contributed by atoms with van der Waals surface area (Å²) in [5.41, 5.74) is 8.83. The standard InChI is InChI=1S/C17H20N2O2/c1-13-2-4-15(5-3-13)11-19-17(20)12-21-16-8-6-14(10-18)7-9-16/h2-9H,10-12,18H2,1H3,(H,19,20). The first-order valence-electron chi connectivity index (χ1n) is 6.91. The van der Waals surface area contributed by atoms with Gasteiger partial charge in [-0.05, 0) is 30.2 Å². The van der Waals surface area contributed by atoms with Gasteiger partial charge in [0.15, 0.2) is 6.61 Å². The molecule has 0 saturated heterocycles. The van der Waals surface area contributed by atoms with Gasteiger partial charge in [-0.15, -0.1) is 0 Å². The molecule has 4 heteroatoms. The minimum atomic E-state index is -0.140. The van der Waals surface area contributed by atoms with Crippen molar-refractivity contribution < 1.29 is 9.53 Å². The van der Waals surface area contributed by atoms with Gasteiger partial charge in [0, 0.05) is 13.1 Å². The molecular formula is C17H20N2O2. The Kier molecular flexibility index (Phi) is 5.35. The summed E-state index contributed by atoms with van der Waals surface area (Å²) >= 11 is 0. The van der Waals surface area contributed by atoms with Crippen molar-refractivity contribution in [2.24, 2.45) is 5.73 Å². The Morgan fingerprint density at radius 2 is 1.67 bits per heavy atom. The van der Waals surface area contributed by atoms with E-state index < -0.39 is 0 Å². The molecule has 0 aliphatic heterocycles. The van der Waals surface area contributed by atoms with Gasteiger partial charge in [0.25, 0.3) is 5.91 Å². The van der Waals surface area contributed by atoms with E-state index in [1.165, 1.54) is 5.56 Å². The molecule has 2 aromatic rings. The molecule has 110 valence electrons. The summed E-state index contributed by atoms with van der Waals surface area (Å²) in [6.45, 7) is 3.05. The first-order valence-corrected chi connectivity index (χ1v) is 6.91. The van der Waals surface area contributed by atoms with Gasteiger partial charge in [-0.1, -0.05) is 42.0 Å². The number of hydrogen-bond donors (Lipinski definition) is 2. The third-order valence-corrected chi connectivity index (χ3v) is 3.14. The van der Waals surface area contributed by atoms with E-state index in [1.54, 1.807) is 0 Å². The van der Waals surface area contributed by atoms with Crippen molar-refractivity contribution in [1.29, 1.82) is 0 Å². The average Bonchev–Trinajstić information content (AvgIpc) is 2.53. The zero-order chi connectivity index (χ0) is 15.1. The molecule has 21 heavy (non-hydrogen) atoms. The minimum Gasteiger partial charge on any atom is -0.484 e. The van der Waals surface area contributed by atoms with Crippen LogP contribution < -0.4 is 15.8 Å². The third kappa shape index (κ3) is 4.93. The lowest BCUT2D eigenvalue weighted by Gasteiger charge is -2.08. The third-order valence-electron chi connectivity index (χ3n) is 3.14. The van der Waals surface area contributed by atoms with E-state index in [0.29, 0.717) is 18.8 Å². The number of aryl methyl sites for hydroxylation is 1. The van der Waals surface area contributed by atoms with Crippen molar-refractivity contribution in [1.82, 2.24) is 5.32 Å². The number of hydrogen-bond acceptors (Lipinski definition) is 3. The molecule has 0 heterocycles. The van der Waals surface area contributed by atoms with E-state index >= 15 is 0 Å². The van der Waals surface area contributed by atoms with Gasteiger partial charge in [-0.25, -0.2) is 0 Å². The Hall–Kier alpha value is -2.33. The molecule has 1 amide bonds. The molecule has 0 aliphatic rings. The highest BCUT2D eigenvalue weighted by atomic mass is 16.5. The predicted molar refractivity (Wildman–Crippen MR) is 82.9 cm³/mol. The highest BCUT2D eigenvalue weighted by molar-refractivity contribution is 5.77. The van der Waals surface area contributed by atoms with Crippen LogP contribution in [0.25, 0.3) is 0 Å². The minimum absolute atomic E-state index is 0.00777. The van der Waals surface area contributed by atoms with Crippen LogP contribution in [0.15, 0.2) is 48.5 Å². The second kappa shape index (κ2) is 7.45. The molecule has 2 rings (SSSR count). The van der Waals surface area contributed by atoms with Crippen LogP contribution in [0.5, 0.6) is 5.75 Å². The molecule has 4 nitrogen and oxygen atoms in total. The number of rotatable bonds is 6. The highest BCUT2D eigenvalue weighted by Crippen LogP contribution is 2.11. The van der Waals surface area contributed by atoms with Crippen LogP contribution >= 0.6 is 0 Å². The van der Waals surface area contributed by atoms with E-state index in [9.17, 15) is 4.79 Å². The summed E-state index contributed by atoms with van der Waals surface area (Å²) in [4.78, 5) is 11.7. The van der Waals surface area contributed by atoms with Crippen molar-refractivity contribution in [3.8, 4) is 5.75 Å². The van der Waals surface area contributed by atoms with Crippen molar-refractivity contribution in [2.45, 2.75) is 20.0 Å². The van der Waals surface area contributed by atoms with Gasteiger partial charge in [0.05, 0.1) is 0 Å². The summed E-state index contributed by atoms with van der Waals surface area (Å²) in [7, 11) is 0. The largest absolute Gasteiger partial charge is 0.484 e. The Bertz CT molecular complexity index is 577. The Morgan fingerprint density at radius 3 is 2.29 bits per heavy atom. The van der Waals surface area contributed by atoms with Crippen LogP contribution in [0, 0.1) is 6.92 Å². The molecule has 0 aliphatic carbocycles. The first-order chi connectivity index (χ1) is 10.2. The molecule has 0 saturated carbocycles. The number of carbonyl (C=O) groups excluding carboxylic acids is 1. The molecule has 0 unspecified atom stereocenters. The van der Waals surface area contributed by atoms with Gasteiger partial charge in [-0.2, -0.15) is 0 Å². The van der Waals surface area contributed by atoms with Crippen LogP contribution in [0.1, 0.15) is 16.7 Å². The maximum absolute atomic E-state index is 11.7. The van der Waals surface area contributed by atoms with Crippen molar-refractivity contribution in [3.05, 3.63) is 65.2 Å². The van der Waals surface area contributed by atoms with E-state index in [-0.39, 0.29) is 12.5 Å². The second-order valence-corrected chi connectivity index (χ2v) is 4.90. The number of carbonyl (C=O) groups is 1. The Morgan fingerprint density at radius 1 is 1.05 bits per heavy atom. The van der Waals surface area contributed by atoms with E-state index in [1.807, 2.05) is 55.5 Å². The molecule has 0 spiro atoms. The van der Waals surface area contributed by atoms with Crippen molar-refractivity contribution in [3.63, 3.8) is 0 Å². The zero-order valence-corrected chi connectivity index (χ0v) is 12.1. The molecule has 0 bridgehead atoms. The monoisotopic (exact) mass is 284 g/mol. The molecule has 0 atom stereocenters. The number of amides is 1. The van der Waals surface area contributed by atoms with Crippen LogP contribution in [-0.4, -0.2) is 12.5 Å². The lowest BCUT2D eigenvalue weighted by molar-refractivity contribution is -0.123. The van der Waals surface area contributed by atoms with Gasteiger partial charge < -0.3 is 15.8 Å². The molecule has 0 fully saturated rings. The van der Waals surface area contributed by atoms with Crippen LogP contribution in [0.4, 0.5) is 0 Å². The summed E-state index contributed by atoms with van der Waals surface area (Å²) in [5.74, 6) is 0.524. The predicted octanol–water partition coefficient (Wildman–Crippen LogP) is 2.15. The maximum Gasteiger partial charge on any atom is 0.258 e. The quantitative estimate of drug-likeness (QED) is 0.854. The zero-order valence-electron chi connectivity index (χ0n) is 12.1. The molecular weight excluding hydrogens is 264 g/mol. The topological polar surface area (TPSA) is 64.3 Å². The van der Waals surface area contributed by atoms with Crippen molar-refractivity contribution >= 4 is 5.91 Å².